The molecule has 2 fully saturated rings. The van der Waals surface area contributed by atoms with E-state index >= 15 is 0 Å². The molecule has 2 saturated heterocycles. The molecule has 0 radical (unpaired) electrons. The lowest BCUT2D eigenvalue weighted by molar-refractivity contribution is -0.120. The number of piperazine rings is 1. The number of amidine groups is 2. The molecule has 3 aliphatic rings. The van der Waals surface area contributed by atoms with E-state index in [2.05, 4.69) is 77.7 Å². The largest absolute Gasteiger partial charge is 0.463 e. The number of ether oxygens (including phenoxy) is 1. The fourth-order valence-electron chi connectivity index (χ4n) is 4.25. The summed E-state index contributed by atoms with van der Waals surface area (Å²) in [5.74, 6) is 1.32. The van der Waals surface area contributed by atoms with E-state index in [1.165, 1.54) is 5.56 Å². The SMILES string of the molecule is CCCCOC1=NC(NC)=C2CC(=N1)N(Cc1cccc(CN3CCN(I)CC3)c1)CC(=O)N2. The average Bonchev–Trinajstić information content (AvgIpc) is 3.09. The van der Waals surface area contributed by atoms with Gasteiger partial charge in [0.15, 0.2) is 5.82 Å². The van der Waals surface area contributed by atoms with E-state index in [-0.39, 0.29) is 12.5 Å². The summed E-state index contributed by atoms with van der Waals surface area (Å²) in [4.78, 5) is 26.5. The lowest BCUT2D eigenvalue weighted by Gasteiger charge is -2.31. The van der Waals surface area contributed by atoms with Gasteiger partial charge in [0.2, 0.25) is 5.91 Å². The summed E-state index contributed by atoms with van der Waals surface area (Å²) in [5.41, 5.74) is 3.19. The van der Waals surface area contributed by atoms with Crippen LogP contribution >= 0.6 is 22.9 Å². The Morgan fingerprint density at radius 3 is 2.65 bits per heavy atom. The van der Waals surface area contributed by atoms with E-state index in [0.717, 1.165) is 62.7 Å². The van der Waals surface area contributed by atoms with E-state index < -0.39 is 0 Å². The van der Waals surface area contributed by atoms with Crippen LogP contribution in [0, 0.1) is 0 Å². The molecule has 3 heterocycles. The standard InChI is InChI=1S/C24H34IN7O2/c1-3-4-12-34-24-28-21-14-20(23(26-2)29-24)27-22(33)17-31(21)16-19-7-5-6-18(13-19)15-30-8-10-32(25)11-9-30/h5-7,13,26H,3-4,8-12,14-17H2,1-2H3,(H,27,33). The molecule has 34 heavy (non-hydrogen) atoms. The first-order valence-corrected chi connectivity index (χ1v) is 13.0. The number of hydrogen-bond donors (Lipinski definition) is 2. The molecule has 9 nitrogen and oxygen atoms in total. The predicted octanol–water partition coefficient (Wildman–Crippen LogP) is 2.45. The third-order valence-corrected chi connectivity index (χ3v) is 7.06. The topological polar surface area (TPSA) is 84.8 Å². The number of nitrogens with zero attached hydrogens (tertiary/aromatic N) is 5. The summed E-state index contributed by atoms with van der Waals surface area (Å²) in [6, 6.07) is 9.00. The number of fused-ring (bicyclic) bond motifs is 2. The number of halogens is 1. The van der Waals surface area contributed by atoms with Crippen LogP contribution in [0.1, 0.15) is 37.3 Å². The highest BCUT2D eigenvalue weighted by Crippen LogP contribution is 2.20. The summed E-state index contributed by atoms with van der Waals surface area (Å²) >= 11 is 2.40. The third kappa shape index (κ3) is 6.70. The Kier molecular flexibility index (Phi) is 8.79. The summed E-state index contributed by atoms with van der Waals surface area (Å²) in [7, 11) is 1.79. The molecule has 184 valence electrons. The number of hydrogen-bond acceptors (Lipinski definition) is 8. The molecule has 0 atom stereocenters. The number of unbranched alkanes of at least 4 members (excludes halogenated alkanes) is 1. The highest BCUT2D eigenvalue weighted by Gasteiger charge is 2.27. The molecular weight excluding hydrogens is 545 g/mol. The second kappa shape index (κ2) is 12.0. The van der Waals surface area contributed by atoms with Gasteiger partial charge in [0.25, 0.3) is 0 Å². The molecule has 1 aromatic rings. The van der Waals surface area contributed by atoms with Gasteiger partial charge in [0, 0.05) is 75.6 Å². The van der Waals surface area contributed by atoms with Crippen molar-refractivity contribution in [2.45, 2.75) is 39.3 Å². The number of rotatable bonds is 8. The molecule has 0 spiro atoms. The van der Waals surface area contributed by atoms with Gasteiger partial charge in [-0.3, -0.25) is 9.69 Å². The van der Waals surface area contributed by atoms with Crippen LogP contribution in [0.15, 0.2) is 45.8 Å². The molecule has 2 N–H and O–H groups in total. The molecule has 3 aliphatic heterocycles. The Balaban J connectivity index is 1.52. The molecule has 0 saturated carbocycles. The Morgan fingerprint density at radius 1 is 1.15 bits per heavy atom. The molecule has 0 aliphatic carbocycles. The molecule has 1 aromatic carbocycles. The number of aliphatic imine (C=N–C) groups is 2. The number of carbonyl (C=O) groups excluding carboxylic acids is 1. The van der Waals surface area contributed by atoms with Gasteiger partial charge in [-0.1, -0.05) is 37.6 Å². The van der Waals surface area contributed by atoms with Crippen molar-refractivity contribution in [2.24, 2.45) is 9.98 Å². The van der Waals surface area contributed by atoms with E-state index in [0.29, 0.717) is 31.4 Å². The zero-order valence-electron chi connectivity index (χ0n) is 20.0. The minimum atomic E-state index is -0.0636. The zero-order chi connectivity index (χ0) is 23.9. The number of nitrogens with one attached hydrogen (secondary N) is 2. The smallest absolute Gasteiger partial charge is 0.320 e. The van der Waals surface area contributed by atoms with E-state index in [1.807, 2.05) is 4.90 Å². The Bertz CT molecular complexity index is 970. The van der Waals surface area contributed by atoms with Gasteiger partial charge in [-0.15, -0.1) is 0 Å². The molecule has 10 heteroatoms. The molecular formula is C24H34IN7O2. The van der Waals surface area contributed by atoms with Crippen molar-refractivity contribution in [3.05, 3.63) is 46.9 Å². The van der Waals surface area contributed by atoms with Gasteiger partial charge < -0.3 is 20.3 Å². The van der Waals surface area contributed by atoms with Crippen molar-refractivity contribution < 1.29 is 9.53 Å². The molecule has 0 aromatic heterocycles. The van der Waals surface area contributed by atoms with Crippen molar-refractivity contribution in [3.63, 3.8) is 0 Å². The first-order valence-electron chi connectivity index (χ1n) is 12.0. The van der Waals surface area contributed by atoms with Gasteiger partial charge in [-0.25, -0.2) is 3.11 Å². The highest BCUT2D eigenvalue weighted by molar-refractivity contribution is 14.1. The molecule has 4 rings (SSSR count). The van der Waals surface area contributed by atoms with Crippen LogP contribution in [0.5, 0.6) is 0 Å². The summed E-state index contributed by atoms with van der Waals surface area (Å²) in [5, 5.41) is 6.08. The van der Waals surface area contributed by atoms with E-state index in [1.54, 1.807) is 7.05 Å². The first-order chi connectivity index (χ1) is 16.5. The maximum Gasteiger partial charge on any atom is 0.320 e. The second-order valence-corrected chi connectivity index (χ2v) is 10.2. The number of carbonyl (C=O) groups is 1. The fraction of sp³-hybridized carbons (Fsp3) is 0.542. The van der Waals surface area contributed by atoms with Gasteiger partial charge >= 0.3 is 6.02 Å². The van der Waals surface area contributed by atoms with Crippen LogP contribution in [0.2, 0.25) is 0 Å². The van der Waals surface area contributed by atoms with Crippen LogP contribution in [0.25, 0.3) is 0 Å². The zero-order valence-corrected chi connectivity index (χ0v) is 22.2. The summed E-state index contributed by atoms with van der Waals surface area (Å²) in [6.07, 6.45) is 2.47. The van der Waals surface area contributed by atoms with E-state index in [4.69, 9.17) is 9.73 Å². The summed E-state index contributed by atoms with van der Waals surface area (Å²) in [6.45, 7) is 8.83. The van der Waals surface area contributed by atoms with Crippen LogP contribution in [0.3, 0.4) is 0 Å². The first kappa shape index (κ1) is 24.9. The monoisotopic (exact) mass is 579 g/mol. The van der Waals surface area contributed by atoms with E-state index in [9.17, 15) is 4.79 Å². The average molecular weight is 579 g/mol. The van der Waals surface area contributed by atoms with Crippen molar-refractivity contribution in [1.82, 2.24) is 23.5 Å². The highest BCUT2D eigenvalue weighted by atomic mass is 127. The lowest BCUT2D eigenvalue weighted by atomic mass is 10.1. The number of amides is 1. The molecule has 1 amide bonds. The maximum absolute atomic E-state index is 12.7. The van der Waals surface area contributed by atoms with Crippen molar-refractivity contribution in [1.29, 1.82) is 0 Å². The summed E-state index contributed by atoms with van der Waals surface area (Å²) < 4.78 is 8.20. The van der Waals surface area contributed by atoms with Gasteiger partial charge in [-0.2, -0.15) is 9.98 Å². The van der Waals surface area contributed by atoms with Crippen LogP contribution < -0.4 is 10.6 Å². The Labute approximate surface area is 215 Å². The number of benzene rings is 1. The normalized spacial score (nSPS) is 19.7. The predicted molar refractivity (Wildman–Crippen MR) is 142 cm³/mol. The van der Waals surface area contributed by atoms with Crippen molar-refractivity contribution in [3.8, 4) is 0 Å². The third-order valence-electron chi connectivity index (χ3n) is 6.10. The molecule has 0 unspecified atom stereocenters. The quantitative estimate of drug-likeness (QED) is 0.280. The van der Waals surface area contributed by atoms with Crippen LogP contribution in [0.4, 0.5) is 0 Å². The maximum atomic E-state index is 12.7. The van der Waals surface area contributed by atoms with Gasteiger partial charge in [0.05, 0.1) is 18.8 Å². The fourth-order valence-corrected chi connectivity index (χ4v) is 4.68. The van der Waals surface area contributed by atoms with Crippen molar-refractivity contribution in [2.75, 3.05) is 46.4 Å². The second-order valence-electron chi connectivity index (χ2n) is 8.79. The minimum absolute atomic E-state index is 0.0636. The van der Waals surface area contributed by atoms with Crippen LogP contribution in [-0.4, -0.2) is 77.1 Å². The van der Waals surface area contributed by atoms with Crippen LogP contribution in [-0.2, 0) is 22.6 Å². The Morgan fingerprint density at radius 2 is 1.91 bits per heavy atom. The Hall–Kier alpha value is -2.18. The van der Waals surface area contributed by atoms with Crippen molar-refractivity contribution >= 4 is 40.6 Å². The van der Waals surface area contributed by atoms with Gasteiger partial charge in [-0.05, 0) is 17.5 Å². The van der Waals surface area contributed by atoms with Gasteiger partial charge in [0.1, 0.15) is 5.84 Å². The lowest BCUT2D eigenvalue weighted by Crippen LogP contribution is -2.41. The molecule has 2 bridgehead atoms. The minimum Gasteiger partial charge on any atom is -0.463 e.